The Balaban J connectivity index is 1.82. The van der Waals surface area contributed by atoms with Crippen molar-refractivity contribution in [1.29, 1.82) is 0 Å². The van der Waals surface area contributed by atoms with E-state index in [0.717, 1.165) is 22.5 Å². The predicted molar refractivity (Wildman–Crippen MR) is 124 cm³/mol. The molecule has 3 aromatic carbocycles. The average molecular weight is 401 g/mol. The van der Waals surface area contributed by atoms with Crippen molar-refractivity contribution in [3.05, 3.63) is 95.1 Å². The number of amides is 2. The molecule has 0 N–H and O–H groups in total. The summed E-state index contributed by atoms with van der Waals surface area (Å²) in [5.41, 5.74) is 5.09. The predicted octanol–water partition coefficient (Wildman–Crippen LogP) is 5.64. The molecule has 0 bridgehead atoms. The van der Waals surface area contributed by atoms with Gasteiger partial charge in [0, 0.05) is 35.6 Å². The maximum atomic E-state index is 13.0. The lowest BCUT2D eigenvalue weighted by molar-refractivity contribution is 0.0977. The van der Waals surface area contributed by atoms with Crippen LogP contribution in [0.4, 0.5) is 11.4 Å². The van der Waals surface area contributed by atoms with E-state index < -0.39 is 0 Å². The molecular formula is C26H28N2O2. The largest absolute Gasteiger partial charge is 0.309 e. The number of hydrogen-bond acceptors (Lipinski definition) is 2. The molecule has 0 heterocycles. The SMILES string of the molecule is CCN(C(=O)c1ccc(C(=O)N(CC)c2cccc(C)c2)cc1)c1cccc(C)c1. The van der Waals surface area contributed by atoms with E-state index >= 15 is 0 Å². The first-order valence-electron chi connectivity index (χ1n) is 10.3. The van der Waals surface area contributed by atoms with Gasteiger partial charge in [0.25, 0.3) is 11.8 Å². The van der Waals surface area contributed by atoms with E-state index in [-0.39, 0.29) is 11.8 Å². The van der Waals surface area contributed by atoms with Gasteiger partial charge >= 0.3 is 0 Å². The number of benzene rings is 3. The lowest BCUT2D eigenvalue weighted by Crippen LogP contribution is -2.31. The zero-order valence-corrected chi connectivity index (χ0v) is 18.1. The minimum atomic E-state index is -0.0758. The molecule has 0 saturated heterocycles. The van der Waals surface area contributed by atoms with Gasteiger partial charge in [0.1, 0.15) is 0 Å². The molecule has 0 aliphatic rings. The zero-order chi connectivity index (χ0) is 21.7. The van der Waals surface area contributed by atoms with Crippen LogP contribution in [0.5, 0.6) is 0 Å². The van der Waals surface area contributed by atoms with Gasteiger partial charge in [0.15, 0.2) is 0 Å². The zero-order valence-electron chi connectivity index (χ0n) is 18.1. The molecule has 0 fully saturated rings. The fourth-order valence-corrected chi connectivity index (χ4v) is 3.55. The number of carbonyl (C=O) groups is 2. The third-order valence-corrected chi connectivity index (χ3v) is 5.13. The summed E-state index contributed by atoms with van der Waals surface area (Å²) >= 11 is 0. The molecule has 0 spiro atoms. The lowest BCUT2D eigenvalue weighted by Gasteiger charge is -2.23. The van der Waals surface area contributed by atoms with E-state index in [1.807, 2.05) is 76.2 Å². The summed E-state index contributed by atoms with van der Waals surface area (Å²) < 4.78 is 0. The molecule has 4 nitrogen and oxygen atoms in total. The number of aryl methyl sites for hydroxylation is 2. The van der Waals surface area contributed by atoms with Gasteiger partial charge in [-0.05, 0) is 87.4 Å². The molecule has 0 saturated carbocycles. The standard InChI is InChI=1S/C26H28N2O2/c1-5-27(23-11-7-9-19(3)17-23)25(29)21-13-15-22(16-14-21)26(30)28(6-2)24-12-8-10-20(4)18-24/h7-18H,5-6H2,1-4H3. The first-order valence-corrected chi connectivity index (χ1v) is 10.3. The fraction of sp³-hybridized carbons (Fsp3) is 0.231. The Morgan fingerprint density at radius 1 is 0.633 bits per heavy atom. The van der Waals surface area contributed by atoms with Crippen LogP contribution in [0.1, 0.15) is 45.7 Å². The van der Waals surface area contributed by atoms with Gasteiger partial charge in [-0.2, -0.15) is 0 Å². The summed E-state index contributed by atoms with van der Waals surface area (Å²) in [6.45, 7) is 9.07. The fourth-order valence-electron chi connectivity index (χ4n) is 3.55. The van der Waals surface area contributed by atoms with Crippen LogP contribution in [0.2, 0.25) is 0 Å². The number of hydrogen-bond donors (Lipinski definition) is 0. The number of nitrogens with zero attached hydrogens (tertiary/aromatic N) is 2. The molecule has 2 amide bonds. The maximum Gasteiger partial charge on any atom is 0.258 e. The first kappa shape index (κ1) is 21.3. The summed E-state index contributed by atoms with van der Waals surface area (Å²) in [6.07, 6.45) is 0. The molecular weight excluding hydrogens is 372 g/mol. The molecule has 30 heavy (non-hydrogen) atoms. The highest BCUT2D eigenvalue weighted by Crippen LogP contribution is 2.21. The Hall–Kier alpha value is -3.40. The van der Waals surface area contributed by atoms with Crippen LogP contribution >= 0.6 is 0 Å². The van der Waals surface area contributed by atoms with Crippen LogP contribution in [-0.4, -0.2) is 24.9 Å². The van der Waals surface area contributed by atoms with Crippen molar-refractivity contribution in [1.82, 2.24) is 0 Å². The van der Waals surface area contributed by atoms with Crippen LogP contribution in [0, 0.1) is 13.8 Å². The first-order chi connectivity index (χ1) is 14.4. The summed E-state index contributed by atoms with van der Waals surface area (Å²) in [5, 5.41) is 0. The van der Waals surface area contributed by atoms with Crippen molar-refractivity contribution in [2.75, 3.05) is 22.9 Å². The van der Waals surface area contributed by atoms with Crippen molar-refractivity contribution >= 4 is 23.2 Å². The molecule has 154 valence electrons. The lowest BCUT2D eigenvalue weighted by atomic mass is 10.1. The van der Waals surface area contributed by atoms with Crippen LogP contribution in [-0.2, 0) is 0 Å². The van der Waals surface area contributed by atoms with E-state index in [0.29, 0.717) is 24.2 Å². The molecule has 0 aliphatic carbocycles. The number of anilines is 2. The van der Waals surface area contributed by atoms with Gasteiger partial charge in [0.05, 0.1) is 0 Å². The summed E-state index contributed by atoms with van der Waals surface area (Å²) in [7, 11) is 0. The molecule has 0 unspecified atom stereocenters. The minimum Gasteiger partial charge on any atom is -0.309 e. The second-order valence-corrected chi connectivity index (χ2v) is 7.35. The second kappa shape index (κ2) is 9.40. The molecule has 0 aromatic heterocycles. The Morgan fingerprint density at radius 2 is 1.00 bits per heavy atom. The van der Waals surface area contributed by atoms with Crippen LogP contribution in [0.15, 0.2) is 72.8 Å². The molecule has 0 aliphatic heterocycles. The van der Waals surface area contributed by atoms with Gasteiger partial charge in [-0.15, -0.1) is 0 Å². The average Bonchev–Trinajstić information content (AvgIpc) is 2.75. The van der Waals surface area contributed by atoms with Crippen molar-refractivity contribution in [2.24, 2.45) is 0 Å². The number of carbonyl (C=O) groups excluding carboxylic acids is 2. The Labute approximate surface area is 178 Å². The van der Waals surface area contributed by atoms with Crippen molar-refractivity contribution in [3.8, 4) is 0 Å². The maximum absolute atomic E-state index is 13.0. The van der Waals surface area contributed by atoms with E-state index in [2.05, 4.69) is 0 Å². The van der Waals surface area contributed by atoms with E-state index in [1.54, 1.807) is 34.1 Å². The summed E-state index contributed by atoms with van der Waals surface area (Å²) in [4.78, 5) is 29.6. The van der Waals surface area contributed by atoms with Crippen molar-refractivity contribution in [2.45, 2.75) is 27.7 Å². The van der Waals surface area contributed by atoms with Gasteiger partial charge in [-0.25, -0.2) is 0 Å². The summed E-state index contributed by atoms with van der Waals surface area (Å²) in [6, 6.07) is 22.7. The smallest absolute Gasteiger partial charge is 0.258 e. The summed E-state index contributed by atoms with van der Waals surface area (Å²) in [5.74, 6) is -0.152. The molecule has 4 heteroatoms. The minimum absolute atomic E-state index is 0.0758. The van der Waals surface area contributed by atoms with Gasteiger partial charge < -0.3 is 9.80 Å². The van der Waals surface area contributed by atoms with E-state index in [4.69, 9.17) is 0 Å². The highest BCUT2D eigenvalue weighted by molar-refractivity contribution is 6.09. The third kappa shape index (κ3) is 4.60. The van der Waals surface area contributed by atoms with Gasteiger partial charge in [-0.1, -0.05) is 24.3 Å². The monoisotopic (exact) mass is 400 g/mol. The molecule has 3 aromatic rings. The van der Waals surface area contributed by atoms with Crippen molar-refractivity contribution < 1.29 is 9.59 Å². The van der Waals surface area contributed by atoms with E-state index in [9.17, 15) is 9.59 Å². The third-order valence-electron chi connectivity index (χ3n) is 5.13. The van der Waals surface area contributed by atoms with Crippen molar-refractivity contribution in [3.63, 3.8) is 0 Å². The number of rotatable bonds is 6. The highest BCUT2D eigenvalue weighted by Gasteiger charge is 2.19. The quantitative estimate of drug-likeness (QED) is 0.537. The molecule has 0 atom stereocenters. The Bertz CT molecular complexity index is 956. The Morgan fingerprint density at radius 3 is 1.30 bits per heavy atom. The molecule has 0 radical (unpaired) electrons. The molecule has 3 rings (SSSR count). The van der Waals surface area contributed by atoms with Gasteiger partial charge in [0.2, 0.25) is 0 Å². The topological polar surface area (TPSA) is 40.6 Å². The Kier molecular flexibility index (Phi) is 6.68. The van der Waals surface area contributed by atoms with Gasteiger partial charge in [-0.3, -0.25) is 9.59 Å². The van der Waals surface area contributed by atoms with Crippen LogP contribution in [0.25, 0.3) is 0 Å². The van der Waals surface area contributed by atoms with E-state index in [1.165, 1.54) is 0 Å². The normalized spacial score (nSPS) is 10.5. The van der Waals surface area contributed by atoms with Crippen LogP contribution in [0.3, 0.4) is 0 Å². The highest BCUT2D eigenvalue weighted by atomic mass is 16.2. The van der Waals surface area contributed by atoms with Crippen LogP contribution < -0.4 is 9.80 Å². The second-order valence-electron chi connectivity index (χ2n) is 7.35.